The number of nitrogens with one attached hydrogen (secondary N) is 2. The molecule has 22 heavy (non-hydrogen) atoms. The Bertz CT molecular complexity index is 684. The summed E-state index contributed by atoms with van der Waals surface area (Å²) < 4.78 is 41.6. The first-order chi connectivity index (χ1) is 10.3. The quantitative estimate of drug-likeness (QED) is 0.781. The van der Waals surface area contributed by atoms with Crippen LogP contribution in [0.4, 0.5) is 18.9 Å². The number of hydrogen-bond acceptors (Lipinski definition) is 3. The number of hydrogen-bond donors (Lipinski definition) is 2. The van der Waals surface area contributed by atoms with Gasteiger partial charge in [0.2, 0.25) is 5.91 Å². The molecular weight excluding hydrogens is 297 g/mol. The second-order valence-corrected chi connectivity index (χ2v) is 5.55. The predicted octanol–water partition coefficient (Wildman–Crippen LogP) is 2.05. The Morgan fingerprint density at radius 3 is 2.68 bits per heavy atom. The summed E-state index contributed by atoms with van der Waals surface area (Å²) in [4.78, 5) is 23.6. The third kappa shape index (κ3) is 1.77. The number of benzene rings is 1. The molecule has 0 fully saturated rings. The minimum absolute atomic E-state index is 0.0767. The first-order valence-corrected chi connectivity index (χ1v) is 6.69. The van der Waals surface area contributed by atoms with Crippen LogP contribution in [-0.2, 0) is 15.0 Å². The fraction of sp³-hybridized carbons (Fsp3) is 0.333. The monoisotopic (exact) mass is 310 g/mol. The number of aryl methyl sites for hydroxylation is 1. The number of amides is 1. The Balaban J connectivity index is 2.34. The molecule has 7 heteroatoms. The van der Waals surface area contributed by atoms with Gasteiger partial charge in [0, 0.05) is 17.8 Å². The Labute approximate surface area is 124 Å². The topological polar surface area (TPSA) is 58.2 Å². The molecule has 1 amide bonds. The van der Waals surface area contributed by atoms with Crippen molar-refractivity contribution in [3.8, 4) is 0 Å². The van der Waals surface area contributed by atoms with Crippen molar-refractivity contribution < 1.29 is 22.8 Å². The lowest BCUT2D eigenvalue weighted by Crippen LogP contribution is -2.62. The Morgan fingerprint density at radius 1 is 1.32 bits per heavy atom. The normalized spacial score (nSPS) is 29.9. The molecule has 0 aliphatic carbocycles. The summed E-state index contributed by atoms with van der Waals surface area (Å²) >= 11 is 0. The van der Waals surface area contributed by atoms with Gasteiger partial charge >= 0.3 is 6.18 Å². The summed E-state index contributed by atoms with van der Waals surface area (Å²) in [5, 5.41) is 5.19. The fourth-order valence-corrected chi connectivity index (χ4v) is 3.19. The summed E-state index contributed by atoms with van der Waals surface area (Å²) in [6.07, 6.45) is -2.50. The third-order valence-corrected chi connectivity index (χ3v) is 4.28. The van der Waals surface area contributed by atoms with Gasteiger partial charge < -0.3 is 15.4 Å². The van der Waals surface area contributed by atoms with Crippen molar-refractivity contribution in [1.82, 2.24) is 5.32 Å². The standard InChI is InChI=1S/C15H13F3N2O2/c1-8-2-3-11-10(6-8)14(7-21,15(16,17)18)9-4-5-19-13(22)12(9)20-11/h2-7,9,12,20H,1H3,(H,19,22). The maximum absolute atomic E-state index is 13.9. The van der Waals surface area contributed by atoms with Crippen LogP contribution >= 0.6 is 0 Å². The molecule has 1 aromatic rings. The largest absolute Gasteiger partial charge is 0.405 e. The van der Waals surface area contributed by atoms with Crippen LogP contribution in [0.25, 0.3) is 0 Å². The molecule has 3 rings (SSSR count). The molecule has 0 radical (unpaired) electrons. The Morgan fingerprint density at radius 2 is 2.05 bits per heavy atom. The van der Waals surface area contributed by atoms with Crippen LogP contribution in [0.3, 0.4) is 0 Å². The van der Waals surface area contributed by atoms with Gasteiger partial charge in [-0.05, 0) is 18.6 Å². The van der Waals surface area contributed by atoms with E-state index in [1.54, 1.807) is 13.0 Å². The van der Waals surface area contributed by atoms with E-state index in [0.717, 1.165) is 6.20 Å². The highest BCUT2D eigenvalue weighted by Crippen LogP contribution is 2.52. The molecule has 3 unspecified atom stereocenters. The highest BCUT2D eigenvalue weighted by molar-refractivity contribution is 5.92. The number of rotatable bonds is 1. The van der Waals surface area contributed by atoms with Gasteiger partial charge in [-0.1, -0.05) is 23.8 Å². The van der Waals surface area contributed by atoms with Crippen LogP contribution in [0.1, 0.15) is 11.1 Å². The van der Waals surface area contributed by atoms with Gasteiger partial charge in [0.25, 0.3) is 0 Å². The maximum atomic E-state index is 13.9. The van der Waals surface area contributed by atoms with E-state index in [2.05, 4.69) is 10.6 Å². The Kier molecular flexibility index (Phi) is 3.05. The van der Waals surface area contributed by atoms with E-state index >= 15 is 0 Å². The molecule has 116 valence electrons. The summed E-state index contributed by atoms with van der Waals surface area (Å²) in [5.74, 6) is -1.91. The molecule has 1 aromatic carbocycles. The van der Waals surface area contributed by atoms with Crippen molar-refractivity contribution in [2.24, 2.45) is 5.92 Å². The maximum Gasteiger partial charge on any atom is 0.405 e. The second-order valence-electron chi connectivity index (χ2n) is 5.55. The average Bonchev–Trinajstić information content (AvgIpc) is 2.44. The number of halogens is 3. The van der Waals surface area contributed by atoms with Gasteiger partial charge in [-0.2, -0.15) is 13.2 Å². The predicted molar refractivity (Wildman–Crippen MR) is 73.2 cm³/mol. The minimum Gasteiger partial charge on any atom is -0.373 e. The molecule has 0 spiro atoms. The third-order valence-electron chi connectivity index (χ3n) is 4.28. The summed E-state index contributed by atoms with van der Waals surface area (Å²) in [5.41, 5.74) is -2.12. The highest BCUT2D eigenvalue weighted by Gasteiger charge is 2.65. The van der Waals surface area contributed by atoms with Gasteiger partial charge in [-0.3, -0.25) is 4.79 Å². The second kappa shape index (κ2) is 4.59. The lowest BCUT2D eigenvalue weighted by Gasteiger charge is -2.46. The van der Waals surface area contributed by atoms with E-state index < -0.39 is 29.5 Å². The van der Waals surface area contributed by atoms with Crippen molar-refractivity contribution in [1.29, 1.82) is 0 Å². The summed E-state index contributed by atoms with van der Waals surface area (Å²) in [6.45, 7) is 1.65. The molecule has 3 atom stereocenters. The first-order valence-electron chi connectivity index (χ1n) is 6.69. The van der Waals surface area contributed by atoms with Crippen molar-refractivity contribution in [3.05, 3.63) is 41.6 Å². The number of aldehydes is 1. The van der Waals surface area contributed by atoms with E-state index in [0.29, 0.717) is 5.56 Å². The van der Waals surface area contributed by atoms with Gasteiger partial charge in [-0.15, -0.1) is 0 Å². The zero-order chi connectivity index (χ0) is 16.1. The van der Waals surface area contributed by atoms with Gasteiger partial charge in [0.1, 0.15) is 12.3 Å². The Hall–Kier alpha value is -2.31. The van der Waals surface area contributed by atoms with E-state index in [1.807, 2.05) is 0 Å². The van der Waals surface area contributed by atoms with E-state index in [4.69, 9.17) is 0 Å². The average molecular weight is 310 g/mol. The van der Waals surface area contributed by atoms with Crippen molar-refractivity contribution >= 4 is 17.9 Å². The van der Waals surface area contributed by atoms with Crippen LogP contribution in [0.5, 0.6) is 0 Å². The molecule has 2 aliphatic heterocycles. The molecule has 2 heterocycles. The number of alkyl halides is 3. The number of carbonyl (C=O) groups excluding carboxylic acids is 2. The number of fused-ring (bicyclic) bond motifs is 2. The van der Waals surface area contributed by atoms with Gasteiger partial charge in [0.05, 0.1) is 0 Å². The summed E-state index contributed by atoms with van der Waals surface area (Å²) in [7, 11) is 0. The lowest BCUT2D eigenvalue weighted by atomic mass is 9.63. The highest BCUT2D eigenvalue weighted by atomic mass is 19.4. The molecule has 0 saturated carbocycles. The molecular formula is C15H13F3N2O2. The molecule has 0 aromatic heterocycles. The SMILES string of the molecule is Cc1ccc2c(c1)C(C=O)(C(F)(F)F)C1C=CNC(=O)C1N2. The van der Waals surface area contributed by atoms with Crippen molar-refractivity contribution in [3.63, 3.8) is 0 Å². The fourth-order valence-electron chi connectivity index (χ4n) is 3.19. The number of carbonyl (C=O) groups is 2. The zero-order valence-corrected chi connectivity index (χ0v) is 11.6. The van der Waals surface area contributed by atoms with Gasteiger partial charge in [0.15, 0.2) is 5.41 Å². The smallest absolute Gasteiger partial charge is 0.373 e. The molecule has 0 saturated heterocycles. The van der Waals surface area contributed by atoms with Crippen LogP contribution in [-0.4, -0.2) is 24.4 Å². The van der Waals surface area contributed by atoms with Crippen LogP contribution in [0.2, 0.25) is 0 Å². The molecule has 4 nitrogen and oxygen atoms in total. The van der Waals surface area contributed by atoms with Gasteiger partial charge in [-0.25, -0.2) is 0 Å². The molecule has 0 bridgehead atoms. The van der Waals surface area contributed by atoms with Crippen molar-refractivity contribution in [2.75, 3.05) is 5.32 Å². The zero-order valence-electron chi connectivity index (χ0n) is 11.6. The van der Waals surface area contributed by atoms with E-state index in [-0.39, 0.29) is 17.5 Å². The van der Waals surface area contributed by atoms with Crippen LogP contribution in [0.15, 0.2) is 30.5 Å². The van der Waals surface area contributed by atoms with E-state index in [9.17, 15) is 22.8 Å². The van der Waals surface area contributed by atoms with Crippen LogP contribution in [0, 0.1) is 12.8 Å². The van der Waals surface area contributed by atoms with Crippen molar-refractivity contribution in [2.45, 2.75) is 24.6 Å². The van der Waals surface area contributed by atoms with E-state index in [1.165, 1.54) is 18.2 Å². The van der Waals surface area contributed by atoms with Crippen LogP contribution < -0.4 is 10.6 Å². The first kappa shape index (κ1) is 14.6. The molecule has 2 aliphatic rings. The minimum atomic E-state index is -4.82. The lowest BCUT2D eigenvalue weighted by molar-refractivity contribution is -0.198. The molecule has 2 N–H and O–H groups in total. The summed E-state index contributed by atoms with van der Waals surface area (Å²) in [6, 6.07) is 3.30. The number of anilines is 1.